The van der Waals surface area contributed by atoms with E-state index in [9.17, 15) is 18.5 Å². The van der Waals surface area contributed by atoms with Crippen molar-refractivity contribution in [1.82, 2.24) is 9.97 Å². The summed E-state index contributed by atoms with van der Waals surface area (Å²) in [5.74, 6) is -0.0259. The molecule has 10 heteroatoms. The molecule has 1 aromatic heterocycles. The van der Waals surface area contributed by atoms with E-state index in [1.54, 1.807) is 0 Å². The van der Waals surface area contributed by atoms with Crippen LogP contribution in [0.4, 0.5) is 17.5 Å². The predicted molar refractivity (Wildman–Crippen MR) is 73.1 cm³/mol. The second kappa shape index (κ2) is 5.19. The molecule has 0 amide bonds. The normalized spacial score (nSPS) is 21.4. The zero-order valence-electron chi connectivity index (χ0n) is 10.9. The molecule has 0 saturated carbocycles. The topological polar surface area (TPSA) is 141 Å². The number of anilines is 2. The van der Waals surface area contributed by atoms with Crippen LogP contribution < -0.4 is 11.1 Å². The van der Waals surface area contributed by atoms with Crippen molar-refractivity contribution in [2.75, 3.05) is 22.6 Å². The molecule has 0 aromatic carbocycles. The number of nitrogens with zero attached hydrogens (tertiary/aromatic N) is 3. The van der Waals surface area contributed by atoms with Crippen molar-refractivity contribution in [3.05, 3.63) is 15.8 Å². The van der Waals surface area contributed by atoms with Gasteiger partial charge in [0.25, 0.3) is 0 Å². The molecule has 2 rings (SSSR count). The third-order valence-electron chi connectivity index (χ3n) is 3.06. The Labute approximate surface area is 115 Å². The van der Waals surface area contributed by atoms with Gasteiger partial charge in [0, 0.05) is 6.04 Å². The largest absolute Gasteiger partial charge is 0.368 e. The Balaban J connectivity index is 2.31. The monoisotopic (exact) mass is 301 g/mol. The van der Waals surface area contributed by atoms with E-state index < -0.39 is 20.8 Å². The smallest absolute Gasteiger partial charge is 0.332 e. The van der Waals surface area contributed by atoms with Crippen LogP contribution in [0.2, 0.25) is 0 Å². The maximum atomic E-state index is 11.6. The molecule has 1 aliphatic rings. The van der Waals surface area contributed by atoms with Gasteiger partial charge in [0.05, 0.1) is 16.4 Å². The van der Waals surface area contributed by atoms with Crippen molar-refractivity contribution in [1.29, 1.82) is 0 Å². The van der Waals surface area contributed by atoms with E-state index in [0.717, 1.165) is 0 Å². The number of sulfone groups is 1. The van der Waals surface area contributed by atoms with E-state index in [1.165, 1.54) is 6.92 Å². The van der Waals surface area contributed by atoms with Crippen LogP contribution in [0.25, 0.3) is 0 Å². The van der Waals surface area contributed by atoms with Crippen molar-refractivity contribution in [2.45, 2.75) is 25.8 Å². The number of nitrogen functional groups attached to an aromatic ring is 1. The molecule has 9 nitrogen and oxygen atoms in total. The summed E-state index contributed by atoms with van der Waals surface area (Å²) in [6.07, 6.45) is 1.13. The summed E-state index contributed by atoms with van der Waals surface area (Å²) in [4.78, 5) is 18.0. The van der Waals surface area contributed by atoms with Gasteiger partial charge in [-0.15, -0.1) is 0 Å². The summed E-state index contributed by atoms with van der Waals surface area (Å²) >= 11 is 0. The van der Waals surface area contributed by atoms with Crippen LogP contribution in [-0.4, -0.2) is 40.9 Å². The Kier molecular flexibility index (Phi) is 3.75. The van der Waals surface area contributed by atoms with E-state index in [-0.39, 0.29) is 34.7 Å². The SMILES string of the molecule is Cc1nc(N)nc(NC2CCCS(=O)(=O)C2)c1[N+](=O)[O-]. The molecule has 20 heavy (non-hydrogen) atoms. The van der Waals surface area contributed by atoms with Gasteiger partial charge in [-0.2, -0.15) is 4.98 Å². The predicted octanol–water partition coefficient (Wildman–Crippen LogP) is 0.265. The molecule has 0 aliphatic carbocycles. The first-order valence-corrected chi connectivity index (χ1v) is 7.86. The van der Waals surface area contributed by atoms with Crippen molar-refractivity contribution in [3.63, 3.8) is 0 Å². The van der Waals surface area contributed by atoms with Gasteiger partial charge in [-0.05, 0) is 19.8 Å². The second-order valence-corrected chi connectivity index (χ2v) is 6.95. The average Bonchev–Trinajstić information content (AvgIpc) is 2.25. The van der Waals surface area contributed by atoms with Gasteiger partial charge in [-0.3, -0.25) is 10.1 Å². The zero-order chi connectivity index (χ0) is 14.9. The molecule has 0 radical (unpaired) electrons. The van der Waals surface area contributed by atoms with Crippen LogP contribution in [0.5, 0.6) is 0 Å². The summed E-state index contributed by atoms with van der Waals surface area (Å²) in [5.41, 5.74) is 5.35. The number of aryl methyl sites for hydroxylation is 1. The van der Waals surface area contributed by atoms with Crippen molar-refractivity contribution >= 4 is 27.3 Å². The molecule has 1 fully saturated rings. The third kappa shape index (κ3) is 3.13. The van der Waals surface area contributed by atoms with Crippen LogP contribution in [0.1, 0.15) is 18.5 Å². The van der Waals surface area contributed by atoms with E-state index in [4.69, 9.17) is 5.73 Å². The fourth-order valence-electron chi connectivity index (χ4n) is 2.24. The summed E-state index contributed by atoms with van der Waals surface area (Å²) in [6, 6.07) is -0.402. The number of hydrogen-bond donors (Lipinski definition) is 2. The van der Waals surface area contributed by atoms with Crippen molar-refractivity contribution in [3.8, 4) is 0 Å². The van der Waals surface area contributed by atoms with Gasteiger partial charge in [-0.25, -0.2) is 13.4 Å². The Morgan fingerprint density at radius 1 is 1.45 bits per heavy atom. The van der Waals surface area contributed by atoms with E-state index in [0.29, 0.717) is 12.8 Å². The molecule has 1 aliphatic heterocycles. The second-order valence-electron chi connectivity index (χ2n) is 4.72. The molecule has 1 saturated heterocycles. The van der Waals surface area contributed by atoms with Crippen LogP contribution >= 0.6 is 0 Å². The van der Waals surface area contributed by atoms with Crippen molar-refractivity contribution < 1.29 is 13.3 Å². The number of hydrogen-bond acceptors (Lipinski definition) is 8. The summed E-state index contributed by atoms with van der Waals surface area (Å²) in [5, 5.41) is 13.9. The lowest BCUT2D eigenvalue weighted by Crippen LogP contribution is -2.35. The highest BCUT2D eigenvalue weighted by atomic mass is 32.2. The lowest BCUT2D eigenvalue weighted by molar-refractivity contribution is -0.385. The molecular weight excluding hydrogens is 286 g/mol. The maximum absolute atomic E-state index is 11.6. The molecule has 1 aromatic rings. The highest BCUT2D eigenvalue weighted by molar-refractivity contribution is 7.91. The summed E-state index contributed by atoms with van der Waals surface area (Å²) in [7, 11) is -3.11. The molecule has 0 spiro atoms. The van der Waals surface area contributed by atoms with E-state index in [1.807, 2.05) is 0 Å². The van der Waals surface area contributed by atoms with Crippen LogP contribution in [0.3, 0.4) is 0 Å². The Morgan fingerprint density at radius 2 is 2.15 bits per heavy atom. The molecule has 1 unspecified atom stereocenters. The maximum Gasteiger partial charge on any atom is 0.332 e. The molecule has 1 atom stereocenters. The van der Waals surface area contributed by atoms with Crippen LogP contribution in [0.15, 0.2) is 0 Å². The number of rotatable bonds is 3. The van der Waals surface area contributed by atoms with E-state index in [2.05, 4.69) is 15.3 Å². The quantitative estimate of drug-likeness (QED) is 0.598. The molecule has 0 bridgehead atoms. The van der Waals surface area contributed by atoms with Crippen LogP contribution in [0, 0.1) is 17.0 Å². The minimum absolute atomic E-state index is 0.0258. The van der Waals surface area contributed by atoms with E-state index >= 15 is 0 Å². The molecule has 2 heterocycles. The summed E-state index contributed by atoms with van der Waals surface area (Å²) < 4.78 is 23.1. The highest BCUT2D eigenvalue weighted by Gasteiger charge is 2.28. The first-order valence-electron chi connectivity index (χ1n) is 6.04. The highest BCUT2D eigenvalue weighted by Crippen LogP contribution is 2.27. The molecule has 3 N–H and O–H groups in total. The van der Waals surface area contributed by atoms with Gasteiger partial charge < -0.3 is 11.1 Å². The lowest BCUT2D eigenvalue weighted by atomic mass is 10.2. The van der Waals surface area contributed by atoms with Gasteiger partial charge in [0.2, 0.25) is 11.8 Å². The number of nitrogens with one attached hydrogen (secondary N) is 1. The van der Waals surface area contributed by atoms with Crippen molar-refractivity contribution in [2.24, 2.45) is 0 Å². The minimum Gasteiger partial charge on any atom is -0.368 e. The fourth-order valence-corrected chi connectivity index (χ4v) is 3.87. The summed E-state index contributed by atoms with van der Waals surface area (Å²) in [6.45, 7) is 1.46. The third-order valence-corrected chi connectivity index (χ3v) is 4.88. The Hall–Kier alpha value is -1.97. The fraction of sp³-hybridized carbons (Fsp3) is 0.600. The molecule has 110 valence electrons. The Bertz CT molecular complexity index is 645. The zero-order valence-corrected chi connectivity index (χ0v) is 11.7. The van der Waals surface area contributed by atoms with Gasteiger partial charge in [-0.1, -0.05) is 0 Å². The van der Waals surface area contributed by atoms with Gasteiger partial charge >= 0.3 is 5.69 Å². The Morgan fingerprint density at radius 3 is 2.75 bits per heavy atom. The first-order chi connectivity index (χ1) is 9.28. The number of nitrogens with two attached hydrogens (primary N) is 1. The number of aromatic nitrogens is 2. The number of nitro groups is 1. The standard InChI is InChI=1S/C10H15N5O4S/c1-6-8(15(16)17)9(14-10(11)12-6)13-7-3-2-4-20(18,19)5-7/h7H,2-5H2,1H3,(H3,11,12,13,14). The molecular formula is C10H15N5O4S. The van der Waals surface area contributed by atoms with Crippen LogP contribution in [-0.2, 0) is 9.84 Å². The average molecular weight is 301 g/mol. The van der Waals surface area contributed by atoms with Gasteiger partial charge in [0.1, 0.15) is 5.69 Å². The first kappa shape index (κ1) is 14.4. The van der Waals surface area contributed by atoms with Gasteiger partial charge in [0.15, 0.2) is 9.84 Å². The minimum atomic E-state index is -3.11. The lowest BCUT2D eigenvalue weighted by Gasteiger charge is -2.23.